The van der Waals surface area contributed by atoms with E-state index in [1.807, 2.05) is 6.92 Å². The lowest BCUT2D eigenvalue weighted by Crippen LogP contribution is -2.48. The third kappa shape index (κ3) is 6.27. The molecular formula is C19H34N2O2. The van der Waals surface area contributed by atoms with Gasteiger partial charge >= 0.3 is 0 Å². The number of rotatable bonds is 7. The lowest BCUT2D eigenvalue weighted by Gasteiger charge is -2.32. The molecule has 1 heterocycles. The van der Waals surface area contributed by atoms with Crippen molar-refractivity contribution in [3.05, 3.63) is 11.6 Å². The highest BCUT2D eigenvalue weighted by molar-refractivity contribution is 5.81. The molecule has 2 rings (SSSR count). The number of ether oxygens (including phenoxy) is 1. The summed E-state index contributed by atoms with van der Waals surface area (Å²) in [4.78, 5) is 14.9. The van der Waals surface area contributed by atoms with Gasteiger partial charge in [-0.2, -0.15) is 0 Å². The molecule has 1 saturated heterocycles. The van der Waals surface area contributed by atoms with Crippen molar-refractivity contribution in [2.45, 2.75) is 84.0 Å². The number of piperidine rings is 1. The first-order valence-corrected chi connectivity index (χ1v) is 9.40. The van der Waals surface area contributed by atoms with E-state index in [0.29, 0.717) is 12.1 Å². The van der Waals surface area contributed by atoms with Gasteiger partial charge in [0, 0.05) is 25.7 Å². The van der Waals surface area contributed by atoms with Crippen LogP contribution in [0.5, 0.6) is 0 Å². The molecule has 0 unspecified atom stereocenters. The highest BCUT2D eigenvalue weighted by Gasteiger charge is 2.27. The van der Waals surface area contributed by atoms with E-state index in [0.717, 1.165) is 51.7 Å². The summed E-state index contributed by atoms with van der Waals surface area (Å²) in [6.07, 6.45) is 9.89. The number of nitrogens with one attached hydrogen (secondary N) is 1. The van der Waals surface area contributed by atoms with Gasteiger partial charge < -0.3 is 10.1 Å². The van der Waals surface area contributed by atoms with Gasteiger partial charge in [-0.25, -0.2) is 0 Å². The Hall–Kier alpha value is -0.870. The first-order chi connectivity index (χ1) is 11.1. The monoisotopic (exact) mass is 322 g/mol. The second-order valence-electron chi connectivity index (χ2n) is 7.30. The molecule has 23 heavy (non-hydrogen) atoms. The second kappa shape index (κ2) is 9.43. The molecule has 132 valence electrons. The minimum absolute atomic E-state index is 0.0992. The summed E-state index contributed by atoms with van der Waals surface area (Å²) in [5.74, 6) is 0.0992. The van der Waals surface area contributed by atoms with Crippen molar-refractivity contribution in [2.75, 3.05) is 19.6 Å². The zero-order chi connectivity index (χ0) is 16.7. The zero-order valence-electron chi connectivity index (χ0n) is 15.1. The van der Waals surface area contributed by atoms with Crippen molar-refractivity contribution < 1.29 is 9.53 Å². The zero-order valence-corrected chi connectivity index (χ0v) is 15.1. The molecule has 0 bridgehead atoms. The lowest BCUT2D eigenvalue weighted by molar-refractivity contribution is -0.137. The van der Waals surface area contributed by atoms with Gasteiger partial charge in [-0.15, -0.1) is 0 Å². The van der Waals surface area contributed by atoms with Gasteiger partial charge in [0.25, 0.3) is 0 Å². The Morgan fingerprint density at radius 1 is 1.22 bits per heavy atom. The van der Waals surface area contributed by atoms with E-state index in [4.69, 9.17) is 4.74 Å². The molecule has 1 atom stereocenters. The number of hydrogen-bond donors (Lipinski definition) is 1. The number of nitrogens with zero attached hydrogens (tertiary/aromatic N) is 1. The van der Waals surface area contributed by atoms with E-state index in [9.17, 15) is 4.79 Å². The second-order valence-corrected chi connectivity index (χ2v) is 7.30. The van der Waals surface area contributed by atoms with Crippen molar-refractivity contribution in [1.82, 2.24) is 10.2 Å². The fourth-order valence-electron chi connectivity index (χ4n) is 3.47. The van der Waals surface area contributed by atoms with Crippen LogP contribution >= 0.6 is 0 Å². The first-order valence-electron chi connectivity index (χ1n) is 9.40. The molecule has 1 aliphatic heterocycles. The highest BCUT2D eigenvalue weighted by atomic mass is 16.5. The van der Waals surface area contributed by atoms with Crippen molar-refractivity contribution >= 4 is 5.91 Å². The normalized spacial score (nSPS) is 22.0. The quantitative estimate of drug-likeness (QED) is 0.732. The van der Waals surface area contributed by atoms with Crippen molar-refractivity contribution in [1.29, 1.82) is 0 Å². The SMILES string of the molecule is CC[C@H](OC1CCCC1)C(=O)NC1CCN(CC=C(C)C)CC1. The topological polar surface area (TPSA) is 41.6 Å². The van der Waals surface area contributed by atoms with Crippen LogP contribution < -0.4 is 5.32 Å². The van der Waals surface area contributed by atoms with E-state index in [1.165, 1.54) is 18.4 Å². The van der Waals surface area contributed by atoms with E-state index in [-0.39, 0.29) is 12.0 Å². The van der Waals surface area contributed by atoms with Crippen LogP contribution in [0.4, 0.5) is 0 Å². The van der Waals surface area contributed by atoms with Crippen molar-refractivity contribution in [3.63, 3.8) is 0 Å². The van der Waals surface area contributed by atoms with Gasteiger partial charge in [-0.1, -0.05) is 31.4 Å². The predicted molar refractivity (Wildman–Crippen MR) is 94.5 cm³/mol. The number of amides is 1. The Balaban J connectivity index is 1.71. The van der Waals surface area contributed by atoms with E-state index >= 15 is 0 Å². The number of carbonyl (C=O) groups excluding carboxylic acids is 1. The summed E-state index contributed by atoms with van der Waals surface area (Å²) in [7, 11) is 0. The van der Waals surface area contributed by atoms with Crippen LogP contribution in [0.2, 0.25) is 0 Å². The van der Waals surface area contributed by atoms with Gasteiger partial charge in [-0.05, 0) is 46.0 Å². The van der Waals surface area contributed by atoms with Crippen LogP contribution in [-0.4, -0.2) is 48.7 Å². The van der Waals surface area contributed by atoms with Gasteiger partial charge in [0.05, 0.1) is 6.10 Å². The minimum atomic E-state index is -0.262. The molecule has 4 nitrogen and oxygen atoms in total. The summed E-state index contributed by atoms with van der Waals surface area (Å²) in [5, 5.41) is 3.22. The molecule has 0 aromatic heterocycles. The van der Waals surface area contributed by atoms with Crippen LogP contribution in [0.1, 0.15) is 65.7 Å². The molecule has 0 radical (unpaired) electrons. The summed E-state index contributed by atoms with van der Waals surface area (Å²) in [6, 6.07) is 0.312. The average Bonchev–Trinajstić information content (AvgIpc) is 3.05. The Bertz CT molecular complexity index is 390. The molecule has 1 amide bonds. The fourth-order valence-corrected chi connectivity index (χ4v) is 3.47. The molecule has 0 aromatic carbocycles. The number of likely N-dealkylation sites (tertiary alicyclic amines) is 1. The summed E-state index contributed by atoms with van der Waals surface area (Å²) in [6.45, 7) is 9.49. The van der Waals surface area contributed by atoms with E-state index < -0.39 is 0 Å². The standard InChI is InChI=1S/C19H34N2O2/c1-4-18(23-17-7-5-6-8-17)19(22)20-16-10-13-21(14-11-16)12-9-15(2)3/h9,16-18H,4-8,10-14H2,1-3H3,(H,20,22)/t18-/m0/s1. The molecule has 1 saturated carbocycles. The van der Waals surface area contributed by atoms with Crippen LogP contribution in [0.25, 0.3) is 0 Å². The Morgan fingerprint density at radius 3 is 2.43 bits per heavy atom. The van der Waals surface area contributed by atoms with Crippen LogP contribution in [0.3, 0.4) is 0 Å². The highest BCUT2D eigenvalue weighted by Crippen LogP contribution is 2.23. The third-order valence-electron chi connectivity index (χ3n) is 5.01. The molecule has 1 N–H and O–H groups in total. The smallest absolute Gasteiger partial charge is 0.249 e. The lowest BCUT2D eigenvalue weighted by atomic mass is 10.0. The maximum Gasteiger partial charge on any atom is 0.249 e. The molecule has 0 aromatic rings. The minimum Gasteiger partial charge on any atom is -0.365 e. The van der Waals surface area contributed by atoms with Crippen LogP contribution in [0.15, 0.2) is 11.6 Å². The Labute approximate surface area is 141 Å². The summed E-state index contributed by atoms with van der Waals surface area (Å²) in [5.41, 5.74) is 1.37. The van der Waals surface area contributed by atoms with E-state index in [1.54, 1.807) is 0 Å². The number of hydrogen-bond acceptors (Lipinski definition) is 3. The van der Waals surface area contributed by atoms with Gasteiger partial charge in [0.15, 0.2) is 0 Å². The molecule has 2 aliphatic rings. The fraction of sp³-hybridized carbons (Fsp3) is 0.842. The van der Waals surface area contributed by atoms with Gasteiger partial charge in [-0.3, -0.25) is 9.69 Å². The summed E-state index contributed by atoms with van der Waals surface area (Å²) >= 11 is 0. The molecule has 1 aliphatic carbocycles. The van der Waals surface area contributed by atoms with Gasteiger partial charge in [0.2, 0.25) is 5.91 Å². The van der Waals surface area contributed by atoms with Gasteiger partial charge in [0.1, 0.15) is 6.10 Å². The largest absolute Gasteiger partial charge is 0.365 e. The maximum atomic E-state index is 12.5. The molecule has 2 fully saturated rings. The maximum absolute atomic E-state index is 12.5. The molecular weight excluding hydrogens is 288 g/mol. The number of allylic oxidation sites excluding steroid dienone is 1. The van der Waals surface area contributed by atoms with Crippen LogP contribution in [0, 0.1) is 0 Å². The first kappa shape index (κ1) is 18.5. The number of carbonyl (C=O) groups is 1. The third-order valence-corrected chi connectivity index (χ3v) is 5.01. The predicted octanol–water partition coefficient (Wildman–Crippen LogP) is 3.27. The summed E-state index contributed by atoms with van der Waals surface area (Å²) < 4.78 is 6.02. The Kier molecular flexibility index (Phi) is 7.57. The van der Waals surface area contributed by atoms with E-state index in [2.05, 4.69) is 30.1 Å². The van der Waals surface area contributed by atoms with Crippen LogP contribution in [-0.2, 0) is 9.53 Å². The van der Waals surface area contributed by atoms with Crippen molar-refractivity contribution in [2.24, 2.45) is 0 Å². The Morgan fingerprint density at radius 2 is 1.87 bits per heavy atom. The molecule has 4 heteroatoms. The molecule has 0 spiro atoms. The average molecular weight is 322 g/mol. The van der Waals surface area contributed by atoms with Crippen molar-refractivity contribution in [3.8, 4) is 0 Å².